The lowest BCUT2D eigenvalue weighted by Gasteiger charge is -2.35. The molecular weight excluding hydrogens is 583 g/mol. The van der Waals surface area contributed by atoms with Crippen molar-refractivity contribution in [2.75, 3.05) is 33.0 Å². The van der Waals surface area contributed by atoms with E-state index in [1.165, 1.54) is 10.7 Å². The number of piperazine rings is 1. The molecule has 2 aliphatic heterocycles. The zero-order valence-corrected chi connectivity index (χ0v) is 22.9. The molecule has 0 saturated carbocycles. The van der Waals surface area contributed by atoms with Crippen LogP contribution in [0.2, 0.25) is 0 Å². The summed E-state index contributed by atoms with van der Waals surface area (Å²) in [6.45, 7) is 1.58. The van der Waals surface area contributed by atoms with E-state index in [1.54, 1.807) is 64.4 Å². The Morgan fingerprint density at radius 3 is 2.40 bits per heavy atom. The highest BCUT2D eigenvalue weighted by Gasteiger charge is 2.27. The topological polar surface area (TPSA) is 94.0 Å². The molecule has 0 spiro atoms. The Hall–Kier alpha value is -4.25. The summed E-state index contributed by atoms with van der Waals surface area (Å²) in [6.07, 6.45) is -0.0281. The van der Waals surface area contributed by atoms with Gasteiger partial charge in [0.1, 0.15) is 5.82 Å². The van der Waals surface area contributed by atoms with Gasteiger partial charge in [-0.3, -0.25) is 14.4 Å². The van der Waals surface area contributed by atoms with Gasteiger partial charge in [0.25, 0.3) is 11.5 Å². The molecule has 0 N–H and O–H groups in total. The number of carbonyl (C=O) groups is 2. The summed E-state index contributed by atoms with van der Waals surface area (Å²) in [4.78, 5) is 42.9. The van der Waals surface area contributed by atoms with Crippen LogP contribution >= 0.6 is 15.9 Å². The Labute approximate surface area is 236 Å². The molecule has 3 aromatic carbocycles. The van der Waals surface area contributed by atoms with E-state index in [1.807, 2.05) is 0 Å². The number of amides is 2. The first-order chi connectivity index (χ1) is 19.4. The maximum Gasteiger partial charge on any atom is 0.274 e. The Bertz CT molecular complexity index is 1700. The minimum atomic E-state index is -0.456. The van der Waals surface area contributed by atoms with Gasteiger partial charge < -0.3 is 19.3 Å². The molecule has 9 nitrogen and oxygen atoms in total. The number of carbonyl (C=O) groups excluding carboxylic acids is 2. The Kier molecular flexibility index (Phi) is 6.97. The smallest absolute Gasteiger partial charge is 0.274 e. The Morgan fingerprint density at radius 1 is 0.900 bits per heavy atom. The Morgan fingerprint density at radius 2 is 1.62 bits per heavy atom. The molecule has 0 atom stereocenters. The van der Waals surface area contributed by atoms with Crippen LogP contribution in [-0.2, 0) is 17.8 Å². The maximum atomic E-state index is 14.5. The predicted molar refractivity (Wildman–Crippen MR) is 148 cm³/mol. The quantitative estimate of drug-likeness (QED) is 0.345. The molecule has 2 amide bonds. The fourth-order valence-corrected chi connectivity index (χ4v) is 5.31. The van der Waals surface area contributed by atoms with Crippen molar-refractivity contribution < 1.29 is 23.5 Å². The van der Waals surface area contributed by atoms with Gasteiger partial charge in [-0.2, -0.15) is 5.10 Å². The van der Waals surface area contributed by atoms with Crippen LogP contribution in [0.3, 0.4) is 0 Å². The number of nitrogens with zero attached hydrogens (tertiary/aromatic N) is 4. The van der Waals surface area contributed by atoms with Crippen molar-refractivity contribution in [2.45, 2.75) is 13.0 Å². The molecule has 1 saturated heterocycles. The van der Waals surface area contributed by atoms with E-state index in [4.69, 9.17) is 9.47 Å². The Balaban J connectivity index is 1.17. The molecule has 0 unspecified atom stereocenters. The van der Waals surface area contributed by atoms with Crippen molar-refractivity contribution >= 4 is 38.5 Å². The summed E-state index contributed by atoms with van der Waals surface area (Å²) in [5.41, 5.74) is 0.902. The van der Waals surface area contributed by atoms with Crippen LogP contribution < -0.4 is 15.0 Å². The second kappa shape index (κ2) is 10.7. The van der Waals surface area contributed by atoms with Gasteiger partial charge in [-0.1, -0.05) is 40.2 Å². The maximum absolute atomic E-state index is 14.5. The van der Waals surface area contributed by atoms with Crippen LogP contribution in [0.15, 0.2) is 69.9 Å². The monoisotopic (exact) mass is 606 g/mol. The average Bonchev–Trinajstić information content (AvgIpc) is 3.44. The summed E-state index contributed by atoms with van der Waals surface area (Å²) in [7, 11) is 0. The molecule has 40 heavy (non-hydrogen) atoms. The van der Waals surface area contributed by atoms with Crippen LogP contribution in [-0.4, -0.2) is 64.4 Å². The first-order valence-electron chi connectivity index (χ1n) is 12.8. The van der Waals surface area contributed by atoms with E-state index in [9.17, 15) is 18.8 Å². The summed E-state index contributed by atoms with van der Waals surface area (Å²) < 4.78 is 27.0. The van der Waals surface area contributed by atoms with Gasteiger partial charge in [-0.05, 0) is 36.4 Å². The largest absolute Gasteiger partial charge is 0.454 e. The summed E-state index contributed by atoms with van der Waals surface area (Å²) in [5.74, 6) is 0.408. The van der Waals surface area contributed by atoms with E-state index in [0.29, 0.717) is 69.7 Å². The van der Waals surface area contributed by atoms with Crippen molar-refractivity contribution in [2.24, 2.45) is 0 Å². The van der Waals surface area contributed by atoms with Gasteiger partial charge in [0.2, 0.25) is 12.7 Å². The third-order valence-electron chi connectivity index (χ3n) is 7.14. The van der Waals surface area contributed by atoms with Crippen molar-refractivity contribution in [3.05, 3.63) is 98.1 Å². The SMILES string of the molecule is O=C(Cc1nn(Cc2ccc(Br)cc2F)c(=O)c2ccccc12)N1CCN(C(=O)c2ccc3c(c2)OCO3)CC1. The van der Waals surface area contributed by atoms with Gasteiger partial charge in [-0.15, -0.1) is 0 Å². The minimum absolute atomic E-state index is 0.0281. The van der Waals surface area contributed by atoms with E-state index in [2.05, 4.69) is 21.0 Å². The highest BCUT2D eigenvalue weighted by molar-refractivity contribution is 9.10. The van der Waals surface area contributed by atoms with Crippen molar-refractivity contribution in [3.63, 3.8) is 0 Å². The molecular formula is C29H24BrFN4O5. The second-order valence-electron chi connectivity index (χ2n) is 9.61. The fraction of sp³-hybridized carbons (Fsp3) is 0.241. The summed E-state index contributed by atoms with van der Waals surface area (Å²) in [6, 6.07) is 16.7. The zero-order chi connectivity index (χ0) is 27.8. The molecule has 1 fully saturated rings. The normalized spacial score (nSPS) is 14.6. The van der Waals surface area contributed by atoms with E-state index < -0.39 is 5.82 Å². The van der Waals surface area contributed by atoms with Crippen molar-refractivity contribution in [3.8, 4) is 11.5 Å². The highest BCUT2D eigenvalue weighted by atomic mass is 79.9. The van der Waals surface area contributed by atoms with Gasteiger partial charge >= 0.3 is 0 Å². The molecule has 0 radical (unpaired) electrons. The standard InChI is InChI=1S/C29H24BrFN4O5/c30-20-7-5-19(23(31)14-20)16-35-29(38)22-4-2-1-3-21(22)24(32-35)15-27(36)33-9-11-34(12-10-33)28(37)18-6-8-25-26(13-18)40-17-39-25/h1-8,13-14H,9-12,15-17H2. The lowest BCUT2D eigenvalue weighted by atomic mass is 10.1. The molecule has 0 bridgehead atoms. The van der Waals surface area contributed by atoms with Crippen LogP contribution in [0.4, 0.5) is 4.39 Å². The molecule has 1 aromatic heterocycles. The number of halogens is 2. The first kappa shape index (κ1) is 26.0. The number of hydrogen-bond donors (Lipinski definition) is 0. The van der Waals surface area contributed by atoms with Crippen LogP contribution in [0.1, 0.15) is 21.6 Å². The van der Waals surface area contributed by atoms with Crippen LogP contribution in [0.25, 0.3) is 10.8 Å². The number of rotatable bonds is 5. The van der Waals surface area contributed by atoms with Crippen molar-refractivity contribution in [1.29, 1.82) is 0 Å². The zero-order valence-electron chi connectivity index (χ0n) is 21.3. The number of fused-ring (bicyclic) bond motifs is 2. The van der Waals surface area contributed by atoms with Crippen LogP contribution in [0.5, 0.6) is 11.5 Å². The van der Waals surface area contributed by atoms with Gasteiger partial charge in [0, 0.05) is 47.2 Å². The number of hydrogen-bond acceptors (Lipinski definition) is 6. The summed E-state index contributed by atoms with van der Waals surface area (Å²) in [5, 5.41) is 5.50. The summed E-state index contributed by atoms with van der Waals surface area (Å²) >= 11 is 3.24. The highest BCUT2D eigenvalue weighted by Crippen LogP contribution is 2.33. The molecule has 4 aromatic rings. The minimum Gasteiger partial charge on any atom is -0.454 e. The van der Waals surface area contributed by atoms with E-state index in [-0.39, 0.29) is 37.1 Å². The van der Waals surface area contributed by atoms with Crippen molar-refractivity contribution in [1.82, 2.24) is 19.6 Å². The van der Waals surface area contributed by atoms with Gasteiger partial charge in [-0.25, -0.2) is 9.07 Å². The average molecular weight is 607 g/mol. The molecule has 204 valence electrons. The van der Waals surface area contributed by atoms with E-state index >= 15 is 0 Å². The third-order valence-corrected chi connectivity index (χ3v) is 7.63. The molecule has 2 aliphatic rings. The first-order valence-corrected chi connectivity index (χ1v) is 13.6. The fourth-order valence-electron chi connectivity index (χ4n) is 4.98. The molecule has 6 rings (SSSR count). The molecule has 11 heteroatoms. The lowest BCUT2D eigenvalue weighted by molar-refractivity contribution is -0.132. The molecule has 3 heterocycles. The molecule has 0 aliphatic carbocycles. The number of aromatic nitrogens is 2. The number of benzene rings is 3. The van der Waals surface area contributed by atoms with Gasteiger partial charge in [0.05, 0.1) is 24.0 Å². The lowest BCUT2D eigenvalue weighted by Crippen LogP contribution is -2.51. The third kappa shape index (κ3) is 5.04. The second-order valence-corrected chi connectivity index (χ2v) is 10.5. The van der Waals surface area contributed by atoms with E-state index in [0.717, 1.165) is 0 Å². The van der Waals surface area contributed by atoms with Crippen LogP contribution in [0, 0.1) is 5.82 Å². The number of ether oxygens (including phenoxy) is 2. The predicted octanol–water partition coefficient (Wildman–Crippen LogP) is 3.60. The van der Waals surface area contributed by atoms with Gasteiger partial charge in [0.15, 0.2) is 11.5 Å².